The molecule has 1 aliphatic heterocycles. The lowest BCUT2D eigenvalue weighted by atomic mass is 10.1. The number of aryl methyl sites for hydroxylation is 2. The third kappa shape index (κ3) is 3.46. The van der Waals surface area contributed by atoms with Crippen molar-refractivity contribution in [3.63, 3.8) is 0 Å². The number of nitrogens with zero attached hydrogens (tertiary/aromatic N) is 2. The molecule has 1 atom stereocenters. The molecule has 0 radical (unpaired) electrons. The van der Waals surface area contributed by atoms with Gasteiger partial charge in [0.15, 0.2) is 5.82 Å². The van der Waals surface area contributed by atoms with Gasteiger partial charge in [-0.1, -0.05) is 19.0 Å². The molecule has 1 fully saturated rings. The Labute approximate surface area is 84.6 Å². The molecule has 0 amide bonds. The normalized spacial score (nSPS) is 19.5. The summed E-state index contributed by atoms with van der Waals surface area (Å²) in [5, 5.41) is 3.60. The lowest BCUT2D eigenvalue weighted by Crippen LogP contribution is -2.25. The largest absolute Gasteiger partial charge is 0.378 e. The van der Waals surface area contributed by atoms with Crippen molar-refractivity contribution < 1.29 is 9.26 Å². The molecule has 80 valence electrons. The van der Waals surface area contributed by atoms with Gasteiger partial charge in [0.1, 0.15) is 0 Å². The van der Waals surface area contributed by atoms with Crippen LogP contribution in [0.25, 0.3) is 0 Å². The minimum absolute atomic E-state index is 0.616. The molecule has 1 aromatic rings. The zero-order chi connectivity index (χ0) is 10.4. The summed E-state index contributed by atoms with van der Waals surface area (Å²) in [6, 6.07) is 0. The maximum Gasteiger partial charge on any atom is 0.226 e. The quantitative estimate of drug-likeness (QED) is 0.730. The molecular weight excluding hydrogens is 180 g/mol. The molecule has 0 N–H and O–H groups in total. The van der Waals surface area contributed by atoms with E-state index in [1.165, 1.54) is 12.8 Å². The van der Waals surface area contributed by atoms with Gasteiger partial charge >= 0.3 is 0 Å². The summed E-state index contributed by atoms with van der Waals surface area (Å²) in [4.78, 5) is 3.95. The highest BCUT2D eigenvalue weighted by molar-refractivity contribution is 4.80. The number of hydrogen-bond acceptors (Lipinski definition) is 4. The molecule has 2 rings (SSSR count). The Balaban J connectivity index is 0.000000146. The van der Waals surface area contributed by atoms with Crippen LogP contribution in [0.5, 0.6) is 0 Å². The smallest absolute Gasteiger partial charge is 0.226 e. The van der Waals surface area contributed by atoms with Crippen molar-refractivity contribution in [1.29, 1.82) is 0 Å². The van der Waals surface area contributed by atoms with E-state index in [9.17, 15) is 0 Å². The Morgan fingerprint density at radius 1 is 1.43 bits per heavy atom. The van der Waals surface area contributed by atoms with E-state index in [4.69, 9.17) is 9.26 Å². The third-order valence-electron chi connectivity index (χ3n) is 2.12. The van der Waals surface area contributed by atoms with Crippen LogP contribution >= 0.6 is 0 Å². The van der Waals surface area contributed by atoms with E-state index in [1.807, 2.05) is 13.8 Å². The van der Waals surface area contributed by atoms with Gasteiger partial charge < -0.3 is 9.26 Å². The first-order chi connectivity index (χ1) is 6.76. The Kier molecular flexibility index (Phi) is 4.59. The van der Waals surface area contributed by atoms with Crippen molar-refractivity contribution in [2.24, 2.45) is 0 Å². The van der Waals surface area contributed by atoms with E-state index in [-0.39, 0.29) is 0 Å². The summed E-state index contributed by atoms with van der Waals surface area (Å²) in [6.45, 7) is 6.94. The van der Waals surface area contributed by atoms with Gasteiger partial charge in [-0.15, -0.1) is 0 Å². The molecule has 0 bridgehead atoms. The molecule has 2 heterocycles. The number of aromatic nitrogens is 2. The molecule has 4 heteroatoms. The predicted octanol–water partition coefficient (Wildman–Crippen LogP) is 2.13. The number of hydrogen-bond donors (Lipinski definition) is 0. The second-order valence-electron chi connectivity index (χ2n) is 3.28. The van der Waals surface area contributed by atoms with Crippen molar-refractivity contribution in [2.75, 3.05) is 6.61 Å². The van der Waals surface area contributed by atoms with Gasteiger partial charge in [-0.05, 0) is 19.8 Å². The number of ether oxygens (including phenoxy) is 1. The predicted molar refractivity (Wildman–Crippen MR) is 53.1 cm³/mol. The lowest BCUT2D eigenvalue weighted by Gasteiger charge is -2.24. The summed E-state index contributed by atoms with van der Waals surface area (Å²) in [5.74, 6) is 1.42. The highest BCUT2D eigenvalue weighted by atomic mass is 16.5. The molecule has 0 spiro atoms. The van der Waals surface area contributed by atoms with Gasteiger partial charge in [0.05, 0.1) is 6.10 Å². The van der Waals surface area contributed by atoms with Gasteiger partial charge in [-0.2, -0.15) is 4.98 Å². The summed E-state index contributed by atoms with van der Waals surface area (Å²) >= 11 is 0. The second kappa shape index (κ2) is 5.75. The minimum atomic E-state index is 0.616. The van der Waals surface area contributed by atoms with Gasteiger partial charge in [-0.25, -0.2) is 0 Å². The molecule has 14 heavy (non-hydrogen) atoms. The fourth-order valence-corrected chi connectivity index (χ4v) is 1.09. The van der Waals surface area contributed by atoms with E-state index in [0.717, 1.165) is 13.0 Å². The van der Waals surface area contributed by atoms with Gasteiger partial charge in [-0.3, -0.25) is 0 Å². The third-order valence-corrected chi connectivity index (χ3v) is 2.12. The van der Waals surface area contributed by atoms with Crippen LogP contribution in [-0.4, -0.2) is 22.9 Å². The first kappa shape index (κ1) is 11.2. The molecule has 1 aromatic heterocycles. The fourth-order valence-electron chi connectivity index (χ4n) is 1.09. The summed E-state index contributed by atoms with van der Waals surface area (Å²) in [5.41, 5.74) is 0. The monoisotopic (exact) mass is 198 g/mol. The van der Waals surface area contributed by atoms with Crippen LogP contribution < -0.4 is 0 Å². The minimum Gasteiger partial charge on any atom is -0.378 e. The van der Waals surface area contributed by atoms with Crippen molar-refractivity contribution in [1.82, 2.24) is 10.1 Å². The Bertz CT molecular complexity index is 254. The number of rotatable bonds is 2. The van der Waals surface area contributed by atoms with Crippen LogP contribution in [0.3, 0.4) is 0 Å². The van der Waals surface area contributed by atoms with Crippen molar-refractivity contribution >= 4 is 0 Å². The van der Waals surface area contributed by atoms with Crippen LogP contribution in [-0.2, 0) is 11.2 Å². The van der Waals surface area contributed by atoms with E-state index in [2.05, 4.69) is 17.1 Å². The van der Waals surface area contributed by atoms with Crippen molar-refractivity contribution in [2.45, 2.75) is 46.1 Å². The molecule has 1 unspecified atom stereocenters. The topological polar surface area (TPSA) is 48.2 Å². The average molecular weight is 198 g/mol. The highest BCUT2D eigenvalue weighted by Gasteiger charge is 2.13. The lowest BCUT2D eigenvalue weighted by molar-refractivity contribution is -0.0516. The second-order valence-corrected chi connectivity index (χ2v) is 3.28. The molecule has 0 aliphatic carbocycles. The average Bonchev–Trinajstić information content (AvgIpc) is 2.50. The van der Waals surface area contributed by atoms with Crippen LogP contribution in [0.1, 0.15) is 38.4 Å². The van der Waals surface area contributed by atoms with Crippen molar-refractivity contribution in [3.8, 4) is 0 Å². The molecule has 0 aromatic carbocycles. The maximum atomic E-state index is 5.08. The molecular formula is C10H18N2O2. The van der Waals surface area contributed by atoms with Gasteiger partial charge in [0, 0.05) is 13.0 Å². The van der Waals surface area contributed by atoms with Crippen LogP contribution in [0.4, 0.5) is 0 Å². The maximum absolute atomic E-state index is 5.08. The molecule has 0 saturated carbocycles. The van der Waals surface area contributed by atoms with Crippen molar-refractivity contribution in [3.05, 3.63) is 11.7 Å². The molecule has 4 nitrogen and oxygen atoms in total. The van der Waals surface area contributed by atoms with E-state index < -0.39 is 0 Å². The zero-order valence-corrected chi connectivity index (χ0v) is 9.12. The zero-order valence-electron chi connectivity index (χ0n) is 9.12. The SMILES string of the molecule is CCC1CCO1.CCc1nc(C)no1. The molecule has 1 aliphatic rings. The highest BCUT2D eigenvalue weighted by Crippen LogP contribution is 2.12. The summed E-state index contributed by atoms with van der Waals surface area (Å²) in [7, 11) is 0. The summed E-state index contributed by atoms with van der Waals surface area (Å²) < 4.78 is 9.83. The van der Waals surface area contributed by atoms with Crippen LogP contribution in [0.2, 0.25) is 0 Å². The summed E-state index contributed by atoms with van der Waals surface area (Å²) in [6.07, 6.45) is 3.92. The van der Waals surface area contributed by atoms with E-state index in [0.29, 0.717) is 17.8 Å². The Hall–Kier alpha value is -0.900. The fraction of sp³-hybridized carbons (Fsp3) is 0.800. The van der Waals surface area contributed by atoms with E-state index in [1.54, 1.807) is 0 Å². The first-order valence-corrected chi connectivity index (χ1v) is 5.17. The first-order valence-electron chi connectivity index (χ1n) is 5.17. The Morgan fingerprint density at radius 2 is 2.14 bits per heavy atom. The Morgan fingerprint density at radius 3 is 2.29 bits per heavy atom. The van der Waals surface area contributed by atoms with E-state index >= 15 is 0 Å². The van der Waals surface area contributed by atoms with Crippen LogP contribution in [0.15, 0.2) is 4.52 Å². The van der Waals surface area contributed by atoms with Crippen LogP contribution in [0, 0.1) is 6.92 Å². The molecule has 1 saturated heterocycles. The van der Waals surface area contributed by atoms with Gasteiger partial charge in [0.25, 0.3) is 0 Å². The standard InChI is InChI=1S/C5H8N2O.C5H10O/c1-3-5-6-4(2)7-8-5;1-2-5-3-4-6-5/h3H2,1-2H3;5H,2-4H2,1H3. The van der Waals surface area contributed by atoms with Gasteiger partial charge in [0.2, 0.25) is 5.89 Å².